The van der Waals surface area contributed by atoms with Gasteiger partial charge in [0.15, 0.2) is 5.92 Å². The fourth-order valence-electron chi connectivity index (χ4n) is 2.10. The lowest BCUT2D eigenvalue weighted by Crippen LogP contribution is -2.41. The molecule has 0 radical (unpaired) electrons. The van der Waals surface area contributed by atoms with Crippen molar-refractivity contribution in [2.45, 2.75) is 32.2 Å². The van der Waals surface area contributed by atoms with E-state index in [0.717, 1.165) is 26.4 Å². The molecule has 25 heavy (non-hydrogen) atoms. The van der Waals surface area contributed by atoms with Crippen molar-refractivity contribution in [1.82, 2.24) is 5.32 Å². The highest BCUT2D eigenvalue weighted by Gasteiger charge is 2.35. The summed E-state index contributed by atoms with van der Waals surface area (Å²) >= 11 is 0. The van der Waals surface area contributed by atoms with E-state index < -0.39 is 34.2 Å². The zero-order valence-corrected chi connectivity index (χ0v) is 14.6. The third-order valence-corrected chi connectivity index (χ3v) is 3.16. The van der Waals surface area contributed by atoms with Gasteiger partial charge in [-0.05, 0) is 32.4 Å². The summed E-state index contributed by atoms with van der Waals surface area (Å²) < 4.78 is 9.17. The largest absolute Gasteiger partial charge is 0.468 e. The smallest absolute Gasteiger partial charge is 0.324 e. The Hall–Kier alpha value is -2.97. The minimum atomic E-state index is -1.62. The number of nitrogens with one attached hydrogen (secondary N) is 1. The molecule has 0 aliphatic carbocycles. The quantitative estimate of drug-likeness (QED) is 0.369. The summed E-state index contributed by atoms with van der Waals surface area (Å²) in [6.07, 6.45) is 0. The molecular formula is C16H20N2O7. The minimum Gasteiger partial charge on any atom is -0.468 e. The number of amides is 1. The van der Waals surface area contributed by atoms with Crippen LogP contribution in [-0.2, 0) is 19.1 Å². The number of rotatable bonds is 5. The zero-order valence-electron chi connectivity index (χ0n) is 14.6. The van der Waals surface area contributed by atoms with Gasteiger partial charge in [0.1, 0.15) is 0 Å². The van der Waals surface area contributed by atoms with E-state index in [4.69, 9.17) is 0 Å². The van der Waals surface area contributed by atoms with Gasteiger partial charge >= 0.3 is 11.9 Å². The van der Waals surface area contributed by atoms with E-state index in [1.54, 1.807) is 20.8 Å². The van der Waals surface area contributed by atoms with E-state index in [1.807, 2.05) is 0 Å². The molecular weight excluding hydrogens is 332 g/mol. The van der Waals surface area contributed by atoms with Crippen LogP contribution in [0.15, 0.2) is 18.2 Å². The number of ether oxygens (including phenoxy) is 2. The van der Waals surface area contributed by atoms with Crippen LogP contribution in [0.2, 0.25) is 0 Å². The zero-order chi connectivity index (χ0) is 19.4. The van der Waals surface area contributed by atoms with Gasteiger partial charge in [-0.15, -0.1) is 0 Å². The first-order chi connectivity index (χ1) is 11.5. The highest BCUT2D eigenvalue weighted by molar-refractivity contribution is 6.05. The number of nitrogens with zero attached hydrogens (tertiary/aromatic N) is 1. The molecule has 0 aromatic heterocycles. The lowest BCUT2D eigenvalue weighted by molar-refractivity contribution is -0.384. The molecule has 1 N–H and O–H groups in total. The Morgan fingerprint density at radius 1 is 1.12 bits per heavy atom. The van der Waals surface area contributed by atoms with Crippen molar-refractivity contribution in [1.29, 1.82) is 0 Å². The van der Waals surface area contributed by atoms with E-state index >= 15 is 0 Å². The summed E-state index contributed by atoms with van der Waals surface area (Å²) in [6, 6.07) is 3.30. The fraction of sp³-hybridized carbons (Fsp3) is 0.438. The van der Waals surface area contributed by atoms with Crippen LogP contribution in [0.4, 0.5) is 5.69 Å². The molecule has 0 fully saturated rings. The molecule has 0 spiro atoms. The Morgan fingerprint density at radius 2 is 1.64 bits per heavy atom. The predicted octanol–water partition coefficient (Wildman–Crippen LogP) is 1.55. The normalized spacial score (nSPS) is 11.0. The van der Waals surface area contributed by atoms with Crippen LogP contribution < -0.4 is 5.32 Å². The van der Waals surface area contributed by atoms with Crippen LogP contribution in [0.5, 0.6) is 0 Å². The van der Waals surface area contributed by atoms with Crippen LogP contribution >= 0.6 is 0 Å². The Bertz CT molecular complexity index is 691. The first kappa shape index (κ1) is 20.1. The van der Waals surface area contributed by atoms with Gasteiger partial charge in [-0.25, -0.2) is 0 Å². The van der Waals surface area contributed by atoms with Crippen LogP contribution in [0, 0.1) is 10.1 Å². The number of nitro groups is 1. The van der Waals surface area contributed by atoms with Gasteiger partial charge in [0.05, 0.1) is 19.1 Å². The first-order valence-electron chi connectivity index (χ1n) is 7.28. The van der Waals surface area contributed by atoms with E-state index in [2.05, 4.69) is 14.8 Å². The summed E-state index contributed by atoms with van der Waals surface area (Å²) in [6.45, 7) is 5.23. The van der Waals surface area contributed by atoms with Gasteiger partial charge in [-0.3, -0.25) is 24.5 Å². The van der Waals surface area contributed by atoms with Gasteiger partial charge in [-0.2, -0.15) is 0 Å². The molecule has 0 bridgehead atoms. The topological polar surface area (TPSA) is 125 Å². The summed E-state index contributed by atoms with van der Waals surface area (Å²) in [5.74, 6) is -4.18. The second-order valence-corrected chi connectivity index (χ2v) is 6.21. The molecule has 136 valence electrons. The molecule has 1 aromatic rings. The van der Waals surface area contributed by atoms with Gasteiger partial charge in [0.2, 0.25) is 0 Å². The van der Waals surface area contributed by atoms with Crippen molar-refractivity contribution in [2.75, 3.05) is 14.2 Å². The Labute approximate surface area is 144 Å². The molecule has 9 nitrogen and oxygen atoms in total. The Morgan fingerprint density at radius 3 is 2.04 bits per heavy atom. The van der Waals surface area contributed by atoms with E-state index in [0.29, 0.717) is 0 Å². The lowest BCUT2D eigenvalue weighted by atomic mass is 9.92. The van der Waals surface area contributed by atoms with Crippen LogP contribution in [0.1, 0.15) is 42.6 Å². The molecule has 0 saturated carbocycles. The predicted molar refractivity (Wildman–Crippen MR) is 87.1 cm³/mol. The Balaban J connectivity index is 3.57. The van der Waals surface area contributed by atoms with Crippen molar-refractivity contribution in [2.24, 2.45) is 0 Å². The molecule has 0 saturated heterocycles. The molecule has 9 heteroatoms. The number of benzene rings is 1. The molecule has 0 aliphatic heterocycles. The number of esters is 2. The van der Waals surface area contributed by atoms with Crippen molar-refractivity contribution in [3.05, 3.63) is 39.4 Å². The van der Waals surface area contributed by atoms with Crippen LogP contribution in [0.3, 0.4) is 0 Å². The maximum atomic E-state index is 12.5. The van der Waals surface area contributed by atoms with E-state index in [-0.39, 0.29) is 16.8 Å². The molecule has 0 aliphatic rings. The monoisotopic (exact) mass is 352 g/mol. The standard InChI is InChI=1S/C16H20N2O7/c1-16(2,3)17-13(19)10-7-6-9(18(22)23)8-11(10)12(14(20)24-4)15(21)25-5/h6-8,12H,1-5H3,(H,17,19). The van der Waals surface area contributed by atoms with E-state index in [9.17, 15) is 24.5 Å². The summed E-state index contributed by atoms with van der Waals surface area (Å²) in [7, 11) is 2.12. The SMILES string of the molecule is COC(=O)C(C(=O)OC)c1cc([N+](=O)[O-])ccc1C(=O)NC(C)(C)C. The van der Waals surface area contributed by atoms with E-state index in [1.165, 1.54) is 6.07 Å². The average Bonchev–Trinajstić information content (AvgIpc) is 2.52. The molecule has 0 atom stereocenters. The number of nitro benzene ring substituents is 1. The van der Waals surface area contributed by atoms with Gasteiger partial charge in [-0.1, -0.05) is 0 Å². The minimum absolute atomic E-state index is 0.0543. The highest BCUT2D eigenvalue weighted by atomic mass is 16.6. The number of carbonyl (C=O) groups excluding carboxylic acids is 3. The van der Waals surface area contributed by atoms with Crippen LogP contribution in [0.25, 0.3) is 0 Å². The second kappa shape index (κ2) is 7.73. The molecule has 0 unspecified atom stereocenters. The highest BCUT2D eigenvalue weighted by Crippen LogP contribution is 2.28. The van der Waals surface area contributed by atoms with Crippen molar-refractivity contribution in [3.8, 4) is 0 Å². The lowest BCUT2D eigenvalue weighted by Gasteiger charge is -2.22. The number of methoxy groups -OCH3 is 2. The summed E-state index contributed by atoms with van der Waals surface area (Å²) in [5, 5.41) is 13.7. The molecule has 0 heterocycles. The van der Waals surface area contributed by atoms with Crippen molar-refractivity contribution in [3.63, 3.8) is 0 Å². The summed E-state index contributed by atoms with van der Waals surface area (Å²) in [4.78, 5) is 46.9. The maximum absolute atomic E-state index is 12.5. The number of hydrogen-bond donors (Lipinski definition) is 1. The second-order valence-electron chi connectivity index (χ2n) is 6.21. The molecule has 1 amide bonds. The van der Waals surface area contributed by atoms with Crippen molar-refractivity contribution >= 4 is 23.5 Å². The van der Waals surface area contributed by atoms with Crippen LogP contribution in [-0.4, -0.2) is 42.5 Å². The van der Waals surface area contributed by atoms with Crippen molar-refractivity contribution < 1.29 is 28.8 Å². The average molecular weight is 352 g/mol. The van der Waals surface area contributed by atoms with Gasteiger partial charge in [0.25, 0.3) is 11.6 Å². The Kier molecular flexibility index (Phi) is 6.21. The van der Waals surface area contributed by atoms with Gasteiger partial charge in [0, 0.05) is 23.2 Å². The third-order valence-electron chi connectivity index (χ3n) is 3.16. The fourth-order valence-corrected chi connectivity index (χ4v) is 2.10. The maximum Gasteiger partial charge on any atom is 0.324 e. The number of hydrogen-bond acceptors (Lipinski definition) is 7. The third kappa shape index (κ3) is 5.00. The number of non-ortho nitro benzene ring substituents is 1. The summed E-state index contributed by atoms with van der Waals surface area (Å²) in [5.41, 5.74) is -1.18. The van der Waals surface area contributed by atoms with Gasteiger partial charge < -0.3 is 14.8 Å². The number of carbonyl (C=O) groups is 3. The first-order valence-corrected chi connectivity index (χ1v) is 7.28. The molecule has 1 aromatic carbocycles. The molecule has 1 rings (SSSR count).